The second-order valence-electron chi connectivity index (χ2n) is 6.33. The highest BCUT2D eigenvalue weighted by atomic mass is 35.5. The van der Waals surface area contributed by atoms with E-state index in [0.29, 0.717) is 10.8 Å². The smallest absolute Gasteiger partial charge is 0.335 e. The predicted molar refractivity (Wildman–Crippen MR) is 113 cm³/mol. The quantitative estimate of drug-likeness (QED) is 0.443. The average Bonchev–Trinajstić information content (AvgIpc) is 2.77. The topological polar surface area (TPSA) is 122 Å². The number of hydrogen-bond donors (Lipinski definition) is 3. The van der Waals surface area contributed by atoms with Gasteiger partial charge in [-0.15, -0.1) is 4.83 Å². The van der Waals surface area contributed by atoms with Crippen LogP contribution in [0.15, 0.2) is 77.7 Å². The van der Waals surface area contributed by atoms with E-state index in [0.717, 1.165) is 29.8 Å². The van der Waals surface area contributed by atoms with E-state index in [4.69, 9.17) is 21.4 Å². The Morgan fingerprint density at radius 2 is 1.45 bits per heavy atom. The number of carboxylic acids is 1. The summed E-state index contributed by atoms with van der Waals surface area (Å²) >= 11 is 5.82. The summed E-state index contributed by atoms with van der Waals surface area (Å²) in [6.45, 7) is 0.280. The molecule has 0 aromatic heterocycles. The highest BCUT2D eigenvalue weighted by molar-refractivity contribution is 7.89. The van der Waals surface area contributed by atoms with Crippen molar-refractivity contribution >= 4 is 33.5 Å². The number of carbonyl (C=O) groups is 2. The largest absolute Gasteiger partial charge is 0.489 e. The molecule has 3 aromatic carbocycles. The number of rotatable bonds is 8. The highest BCUT2D eigenvalue weighted by Crippen LogP contribution is 2.17. The molecule has 0 fully saturated rings. The van der Waals surface area contributed by atoms with Crippen molar-refractivity contribution in [1.82, 2.24) is 10.3 Å². The number of hydrogen-bond acceptors (Lipinski definition) is 5. The lowest BCUT2D eigenvalue weighted by Crippen LogP contribution is -2.41. The van der Waals surface area contributed by atoms with E-state index < -0.39 is 21.9 Å². The molecule has 0 saturated carbocycles. The van der Waals surface area contributed by atoms with Crippen LogP contribution in [0.3, 0.4) is 0 Å². The van der Waals surface area contributed by atoms with Crippen molar-refractivity contribution in [2.45, 2.75) is 11.5 Å². The number of halogens is 1. The van der Waals surface area contributed by atoms with Gasteiger partial charge in [0.05, 0.1) is 10.5 Å². The van der Waals surface area contributed by atoms with Gasteiger partial charge in [-0.05, 0) is 66.2 Å². The van der Waals surface area contributed by atoms with Gasteiger partial charge in [-0.25, -0.2) is 13.2 Å². The molecule has 10 heteroatoms. The van der Waals surface area contributed by atoms with Crippen molar-refractivity contribution in [3.8, 4) is 5.75 Å². The van der Waals surface area contributed by atoms with Gasteiger partial charge in [-0.2, -0.15) is 0 Å². The lowest BCUT2D eigenvalue weighted by Gasteiger charge is -2.10. The Labute approximate surface area is 183 Å². The maximum Gasteiger partial charge on any atom is 0.335 e. The number of aromatic carboxylic acids is 1. The van der Waals surface area contributed by atoms with Gasteiger partial charge in [-0.1, -0.05) is 23.7 Å². The zero-order chi connectivity index (χ0) is 22.4. The maximum absolute atomic E-state index is 12.2. The summed E-state index contributed by atoms with van der Waals surface area (Å²) in [6.07, 6.45) is 0. The molecule has 160 valence electrons. The molecule has 0 bridgehead atoms. The fourth-order valence-electron chi connectivity index (χ4n) is 2.47. The van der Waals surface area contributed by atoms with Crippen molar-refractivity contribution in [2.24, 2.45) is 0 Å². The molecular formula is C21H17ClN2O6S. The Morgan fingerprint density at radius 3 is 2.03 bits per heavy atom. The summed E-state index contributed by atoms with van der Waals surface area (Å²) in [5, 5.41) is 9.47. The second-order valence-corrected chi connectivity index (χ2v) is 8.45. The van der Waals surface area contributed by atoms with E-state index in [2.05, 4.69) is 5.43 Å². The summed E-state index contributed by atoms with van der Waals surface area (Å²) in [6, 6.07) is 17.9. The average molecular weight is 461 g/mol. The van der Waals surface area contributed by atoms with E-state index in [1.807, 2.05) is 4.83 Å². The monoisotopic (exact) mass is 460 g/mol. The summed E-state index contributed by atoms with van der Waals surface area (Å²) in [4.78, 5) is 24.9. The number of benzene rings is 3. The van der Waals surface area contributed by atoms with Crippen molar-refractivity contribution in [3.63, 3.8) is 0 Å². The number of ether oxygens (including phenoxy) is 1. The Morgan fingerprint density at radius 1 is 0.871 bits per heavy atom. The van der Waals surface area contributed by atoms with Crippen molar-refractivity contribution in [3.05, 3.63) is 94.5 Å². The first-order valence-corrected chi connectivity index (χ1v) is 10.7. The Balaban J connectivity index is 1.56. The van der Waals surface area contributed by atoms with Gasteiger partial charge in [-0.3, -0.25) is 10.2 Å². The third-order valence-corrected chi connectivity index (χ3v) is 5.66. The number of nitrogens with one attached hydrogen (secondary N) is 2. The summed E-state index contributed by atoms with van der Waals surface area (Å²) in [7, 11) is -4.06. The van der Waals surface area contributed by atoms with Gasteiger partial charge in [0.2, 0.25) is 0 Å². The van der Waals surface area contributed by atoms with E-state index in [-0.39, 0.29) is 22.6 Å². The normalized spacial score (nSPS) is 11.0. The van der Waals surface area contributed by atoms with Crippen molar-refractivity contribution < 1.29 is 27.9 Å². The lowest BCUT2D eigenvalue weighted by atomic mass is 10.1. The fraction of sp³-hybridized carbons (Fsp3) is 0.0476. The molecule has 0 aliphatic carbocycles. The zero-order valence-electron chi connectivity index (χ0n) is 15.9. The number of amides is 1. The molecule has 3 N–H and O–H groups in total. The number of sulfonamides is 1. The Kier molecular flexibility index (Phi) is 6.91. The molecule has 0 atom stereocenters. The highest BCUT2D eigenvalue weighted by Gasteiger charge is 2.16. The first-order valence-electron chi connectivity index (χ1n) is 8.87. The third-order valence-electron chi connectivity index (χ3n) is 4.15. The van der Waals surface area contributed by atoms with Crippen molar-refractivity contribution in [1.29, 1.82) is 0 Å². The molecule has 3 aromatic rings. The van der Waals surface area contributed by atoms with Crippen LogP contribution in [-0.2, 0) is 16.6 Å². The van der Waals surface area contributed by atoms with E-state index in [1.165, 1.54) is 12.1 Å². The molecule has 8 nitrogen and oxygen atoms in total. The number of hydrazine groups is 1. The molecule has 0 aliphatic rings. The molecule has 0 unspecified atom stereocenters. The van der Waals surface area contributed by atoms with Crippen LogP contribution >= 0.6 is 11.6 Å². The van der Waals surface area contributed by atoms with Gasteiger partial charge in [0, 0.05) is 10.6 Å². The van der Waals surface area contributed by atoms with E-state index in [1.54, 1.807) is 36.4 Å². The molecule has 1 amide bonds. The number of carboxylic acid groups (broad SMARTS) is 1. The molecule has 0 saturated heterocycles. The van der Waals surface area contributed by atoms with Crippen LogP contribution in [0.25, 0.3) is 0 Å². The first-order chi connectivity index (χ1) is 14.7. The summed E-state index contributed by atoms with van der Waals surface area (Å²) in [5.74, 6) is -1.18. The van der Waals surface area contributed by atoms with E-state index >= 15 is 0 Å². The predicted octanol–water partition coefficient (Wildman–Crippen LogP) is 3.24. The molecular weight excluding hydrogens is 444 g/mol. The second kappa shape index (κ2) is 9.61. The van der Waals surface area contributed by atoms with Crippen LogP contribution in [0.5, 0.6) is 5.75 Å². The molecule has 0 radical (unpaired) electrons. The van der Waals surface area contributed by atoms with Crippen LogP contribution in [-0.4, -0.2) is 25.4 Å². The maximum atomic E-state index is 12.2. The van der Waals surface area contributed by atoms with Gasteiger partial charge >= 0.3 is 5.97 Å². The zero-order valence-corrected chi connectivity index (χ0v) is 17.5. The van der Waals surface area contributed by atoms with Crippen LogP contribution in [0.2, 0.25) is 5.02 Å². The molecule has 3 rings (SSSR count). The summed E-state index contributed by atoms with van der Waals surface area (Å²) in [5.41, 5.74) is 3.11. The fourth-order valence-corrected chi connectivity index (χ4v) is 3.44. The number of carbonyl (C=O) groups excluding carboxylic acids is 1. The Bertz CT molecular complexity index is 1180. The lowest BCUT2D eigenvalue weighted by molar-refractivity contribution is 0.0696. The minimum Gasteiger partial charge on any atom is -0.489 e. The van der Waals surface area contributed by atoms with Crippen molar-refractivity contribution in [2.75, 3.05) is 0 Å². The molecule has 31 heavy (non-hydrogen) atoms. The first kappa shape index (κ1) is 22.3. The standard InChI is InChI=1S/C21H17ClN2O6S/c22-17-7-9-18(10-8-17)30-13-14-1-3-15(4-2-14)20(25)23-24-31(28,29)19-11-5-16(6-12-19)21(26)27/h1-12,24H,13H2,(H,23,25)(H,26,27). The van der Waals surface area contributed by atoms with Gasteiger partial charge < -0.3 is 9.84 Å². The Hall–Kier alpha value is -3.40. The van der Waals surface area contributed by atoms with Gasteiger partial charge in [0.15, 0.2) is 0 Å². The van der Waals surface area contributed by atoms with Gasteiger partial charge in [0.1, 0.15) is 12.4 Å². The van der Waals surface area contributed by atoms with Gasteiger partial charge in [0.25, 0.3) is 15.9 Å². The third kappa shape index (κ3) is 6.05. The van der Waals surface area contributed by atoms with Crippen LogP contribution in [0.4, 0.5) is 0 Å². The van der Waals surface area contributed by atoms with Crippen LogP contribution in [0.1, 0.15) is 26.3 Å². The summed E-state index contributed by atoms with van der Waals surface area (Å²) < 4.78 is 30.1. The minimum atomic E-state index is -4.06. The van der Waals surface area contributed by atoms with Crippen LogP contribution < -0.4 is 15.0 Å². The SMILES string of the molecule is O=C(O)c1ccc(S(=O)(=O)NNC(=O)c2ccc(COc3ccc(Cl)cc3)cc2)cc1. The van der Waals surface area contributed by atoms with Crippen LogP contribution in [0, 0.1) is 0 Å². The molecule has 0 heterocycles. The minimum absolute atomic E-state index is 0.0527. The molecule has 0 aliphatic heterocycles. The van der Waals surface area contributed by atoms with E-state index in [9.17, 15) is 18.0 Å². The molecule has 0 spiro atoms.